The molecule has 1 unspecified atom stereocenters. The fourth-order valence-electron chi connectivity index (χ4n) is 2.17. The quantitative estimate of drug-likeness (QED) is 0.859. The normalized spacial score (nSPS) is 11.6. The molecule has 20 heavy (non-hydrogen) atoms. The number of nitrogens with zero attached hydrogens (tertiary/aromatic N) is 1. The number of fused-ring (bicyclic) bond motifs is 1. The van der Waals surface area contributed by atoms with Crippen LogP contribution in [0.3, 0.4) is 0 Å². The molecular formula is C17H16N2O. The Labute approximate surface area is 118 Å². The van der Waals surface area contributed by atoms with Crippen molar-refractivity contribution in [2.24, 2.45) is 0 Å². The first-order chi connectivity index (χ1) is 9.63. The minimum atomic E-state index is -0.324. The summed E-state index contributed by atoms with van der Waals surface area (Å²) in [4.78, 5) is 11.8. The van der Waals surface area contributed by atoms with Gasteiger partial charge in [-0.1, -0.05) is 49.0 Å². The Bertz CT molecular complexity index is 692. The van der Waals surface area contributed by atoms with Crippen molar-refractivity contribution in [3.63, 3.8) is 0 Å². The molecule has 0 aliphatic heterocycles. The van der Waals surface area contributed by atoms with Gasteiger partial charge in [0.05, 0.1) is 18.5 Å². The first kappa shape index (κ1) is 13.8. The van der Waals surface area contributed by atoms with E-state index in [1.807, 2.05) is 42.5 Å². The summed E-state index contributed by atoms with van der Waals surface area (Å²) >= 11 is 0. The van der Waals surface area contributed by atoms with Crippen LogP contribution in [0.25, 0.3) is 10.8 Å². The van der Waals surface area contributed by atoms with E-state index in [2.05, 4.69) is 18.0 Å². The Balaban J connectivity index is 2.44. The third-order valence-electron chi connectivity index (χ3n) is 3.19. The summed E-state index contributed by atoms with van der Waals surface area (Å²) in [5.74, 6) is -0.224. The van der Waals surface area contributed by atoms with Crippen molar-refractivity contribution >= 4 is 16.7 Å². The molecular weight excluding hydrogens is 248 g/mol. The fourth-order valence-corrected chi connectivity index (χ4v) is 2.17. The van der Waals surface area contributed by atoms with Gasteiger partial charge in [0, 0.05) is 5.57 Å². The highest BCUT2D eigenvalue weighted by molar-refractivity contribution is 5.93. The number of benzene rings is 2. The van der Waals surface area contributed by atoms with E-state index >= 15 is 0 Å². The molecule has 2 aromatic rings. The van der Waals surface area contributed by atoms with Crippen LogP contribution in [0.15, 0.2) is 54.6 Å². The maximum atomic E-state index is 11.8. The van der Waals surface area contributed by atoms with Gasteiger partial charge in [0.2, 0.25) is 5.91 Å². The number of carbonyl (C=O) groups excluding carboxylic acids is 1. The lowest BCUT2D eigenvalue weighted by Crippen LogP contribution is -2.28. The number of carbonyl (C=O) groups is 1. The summed E-state index contributed by atoms with van der Waals surface area (Å²) in [6.45, 7) is 5.28. The highest BCUT2D eigenvalue weighted by atomic mass is 16.1. The lowest BCUT2D eigenvalue weighted by atomic mass is 9.97. The van der Waals surface area contributed by atoms with Gasteiger partial charge in [-0.2, -0.15) is 5.26 Å². The van der Waals surface area contributed by atoms with Crippen LogP contribution in [0.5, 0.6) is 0 Å². The van der Waals surface area contributed by atoms with Crippen LogP contribution in [0.1, 0.15) is 24.9 Å². The Morgan fingerprint density at radius 3 is 2.70 bits per heavy atom. The molecule has 2 aromatic carbocycles. The van der Waals surface area contributed by atoms with Gasteiger partial charge in [-0.25, -0.2) is 0 Å². The zero-order chi connectivity index (χ0) is 14.5. The molecule has 0 aliphatic carbocycles. The molecule has 0 saturated heterocycles. The summed E-state index contributed by atoms with van der Waals surface area (Å²) < 4.78 is 0. The van der Waals surface area contributed by atoms with E-state index in [4.69, 9.17) is 5.26 Å². The number of nitriles is 1. The molecule has 0 spiro atoms. The third kappa shape index (κ3) is 2.86. The second kappa shape index (κ2) is 6.03. The molecule has 2 rings (SSSR count). The minimum Gasteiger partial charge on any atom is -0.344 e. The largest absolute Gasteiger partial charge is 0.344 e. The van der Waals surface area contributed by atoms with Crippen LogP contribution in [0.2, 0.25) is 0 Å². The topological polar surface area (TPSA) is 52.9 Å². The molecule has 0 aromatic heterocycles. The fraction of sp³-hybridized carbons (Fsp3) is 0.176. The van der Waals surface area contributed by atoms with Crippen LogP contribution in [-0.2, 0) is 4.79 Å². The van der Waals surface area contributed by atoms with Crippen LogP contribution in [0, 0.1) is 11.3 Å². The van der Waals surface area contributed by atoms with Crippen LogP contribution >= 0.6 is 0 Å². The maximum absolute atomic E-state index is 11.8. The van der Waals surface area contributed by atoms with Crippen molar-refractivity contribution in [3.8, 4) is 6.07 Å². The average molecular weight is 264 g/mol. The molecule has 1 N–H and O–H groups in total. The van der Waals surface area contributed by atoms with Crippen molar-refractivity contribution in [2.75, 3.05) is 0 Å². The number of rotatable bonds is 4. The lowest BCUT2D eigenvalue weighted by molar-refractivity contribution is -0.118. The van der Waals surface area contributed by atoms with E-state index in [1.54, 1.807) is 6.92 Å². The van der Waals surface area contributed by atoms with Crippen LogP contribution < -0.4 is 5.32 Å². The molecule has 0 aliphatic rings. The molecule has 1 atom stereocenters. The zero-order valence-electron chi connectivity index (χ0n) is 11.4. The van der Waals surface area contributed by atoms with Gasteiger partial charge in [0.15, 0.2) is 0 Å². The van der Waals surface area contributed by atoms with Gasteiger partial charge in [0.1, 0.15) is 0 Å². The molecule has 100 valence electrons. The van der Waals surface area contributed by atoms with Gasteiger partial charge in [-0.15, -0.1) is 0 Å². The van der Waals surface area contributed by atoms with Crippen LogP contribution in [0.4, 0.5) is 0 Å². The maximum Gasteiger partial charge on any atom is 0.246 e. The molecule has 0 radical (unpaired) electrons. The Hall–Kier alpha value is -2.60. The van der Waals surface area contributed by atoms with Gasteiger partial charge in [0.25, 0.3) is 0 Å². The summed E-state index contributed by atoms with van der Waals surface area (Å²) in [5.41, 5.74) is 1.40. The smallest absolute Gasteiger partial charge is 0.246 e. The number of amides is 1. The van der Waals surface area contributed by atoms with E-state index in [-0.39, 0.29) is 18.4 Å². The van der Waals surface area contributed by atoms with E-state index in [9.17, 15) is 4.79 Å². The summed E-state index contributed by atoms with van der Waals surface area (Å²) in [7, 11) is 0. The number of nitrogens with one attached hydrogen (secondary N) is 1. The van der Waals surface area contributed by atoms with Crippen molar-refractivity contribution in [2.45, 2.75) is 19.4 Å². The van der Waals surface area contributed by atoms with Gasteiger partial charge < -0.3 is 5.32 Å². The Morgan fingerprint density at radius 1 is 1.30 bits per heavy atom. The number of hydrogen-bond acceptors (Lipinski definition) is 2. The number of hydrogen-bond donors (Lipinski definition) is 1. The Kier molecular flexibility index (Phi) is 4.17. The predicted molar refractivity (Wildman–Crippen MR) is 79.9 cm³/mol. The van der Waals surface area contributed by atoms with E-state index in [1.165, 1.54) is 0 Å². The molecule has 1 amide bonds. The average Bonchev–Trinajstić information content (AvgIpc) is 2.46. The highest BCUT2D eigenvalue weighted by Crippen LogP contribution is 2.26. The lowest BCUT2D eigenvalue weighted by Gasteiger charge is -2.18. The summed E-state index contributed by atoms with van der Waals surface area (Å²) in [6.07, 6.45) is 0.229. The van der Waals surface area contributed by atoms with Gasteiger partial charge in [-0.3, -0.25) is 4.79 Å². The van der Waals surface area contributed by atoms with E-state index in [0.29, 0.717) is 5.57 Å². The molecule has 0 bridgehead atoms. The molecule has 0 fully saturated rings. The van der Waals surface area contributed by atoms with Gasteiger partial charge >= 0.3 is 0 Å². The highest BCUT2D eigenvalue weighted by Gasteiger charge is 2.16. The SMILES string of the molecule is C=C(C)C(=O)NC(CC#N)c1cccc2ccccc12. The second-order valence-electron chi connectivity index (χ2n) is 4.74. The first-order valence-corrected chi connectivity index (χ1v) is 6.44. The zero-order valence-corrected chi connectivity index (χ0v) is 11.4. The van der Waals surface area contributed by atoms with Crippen LogP contribution in [-0.4, -0.2) is 5.91 Å². The summed E-state index contributed by atoms with van der Waals surface area (Å²) in [5, 5.41) is 14.0. The van der Waals surface area contributed by atoms with Crippen molar-refractivity contribution in [1.29, 1.82) is 5.26 Å². The minimum absolute atomic E-state index is 0.224. The first-order valence-electron chi connectivity index (χ1n) is 6.44. The summed E-state index contributed by atoms with van der Waals surface area (Å²) in [6, 6.07) is 15.7. The van der Waals surface area contributed by atoms with Gasteiger partial charge in [-0.05, 0) is 23.3 Å². The second-order valence-corrected chi connectivity index (χ2v) is 4.74. The monoisotopic (exact) mass is 264 g/mol. The van der Waals surface area contributed by atoms with Crippen molar-refractivity contribution in [3.05, 3.63) is 60.2 Å². The van der Waals surface area contributed by atoms with E-state index < -0.39 is 0 Å². The molecule has 0 heterocycles. The Morgan fingerprint density at radius 2 is 2.00 bits per heavy atom. The van der Waals surface area contributed by atoms with E-state index in [0.717, 1.165) is 16.3 Å². The molecule has 3 heteroatoms. The predicted octanol–water partition coefficient (Wildman–Crippen LogP) is 3.49. The standard InChI is InChI=1S/C17H16N2O/c1-12(2)17(20)19-16(10-11-18)15-9-5-7-13-6-3-4-8-14(13)15/h3-9,16H,1,10H2,2H3,(H,19,20). The third-order valence-corrected chi connectivity index (χ3v) is 3.19. The van der Waals surface area contributed by atoms with Crippen molar-refractivity contribution < 1.29 is 4.79 Å². The van der Waals surface area contributed by atoms with Crippen molar-refractivity contribution in [1.82, 2.24) is 5.32 Å². The molecule has 3 nitrogen and oxygen atoms in total. The molecule has 0 saturated carbocycles.